The molecule has 0 fully saturated rings. The van der Waals surface area contributed by atoms with Gasteiger partial charge in [-0.3, -0.25) is 10.2 Å². The maximum absolute atomic E-state index is 12.1. The van der Waals surface area contributed by atoms with Crippen molar-refractivity contribution < 1.29 is 17.9 Å². The van der Waals surface area contributed by atoms with E-state index >= 15 is 0 Å². The van der Waals surface area contributed by atoms with Crippen LogP contribution in [-0.2, 0) is 14.8 Å². The van der Waals surface area contributed by atoms with E-state index in [1.807, 2.05) is 11.8 Å². The van der Waals surface area contributed by atoms with Gasteiger partial charge in [0.1, 0.15) is 5.75 Å². The largest absolute Gasteiger partial charge is 0.494 e. The van der Waals surface area contributed by atoms with Gasteiger partial charge in [-0.2, -0.15) is 0 Å². The smallest absolute Gasteiger partial charge is 0.258 e. The Morgan fingerprint density at radius 2 is 1.92 bits per heavy atom. The summed E-state index contributed by atoms with van der Waals surface area (Å²) < 4.78 is 29.5. The number of hydrogen-bond acceptors (Lipinski definition) is 4. The minimum atomic E-state index is -3.87. The summed E-state index contributed by atoms with van der Waals surface area (Å²) in [7, 11) is -3.87. The molecule has 132 valence electrons. The topological polar surface area (TPSA) is 84.5 Å². The van der Waals surface area contributed by atoms with Crippen LogP contribution in [0.1, 0.15) is 12.5 Å². The van der Waals surface area contributed by atoms with E-state index in [0.717, 1.165) is 5.56 Å². The number of rotatable bonds is 7. The van der Waals surface area contributed by atoms with Gasteiger partial charge in [-0.1, -0.05) is 23.7 Å². The number of hydrogen-bond donors (Lipinski definition) is 2. The van der Waals surface area contributed by atoms with Gasteiger partial charge in [-0.05, 0) is 55.0 Å². The zero-order chi connectivity index (χ0) is 18.3. The molecule has 0 saturated heterocycles. The number of carbonyl (C=O) groups excluding carboxylic acids is 1. The lowest BCUT2D eigenvalue weighted by Crippen LogP contribution is -2.40. The van der Waals surface area contributed by atoms with Crippen molar-refractivity contribution >= 4 is 33.6 Å². The monoisotopic (exact) mass is 380 g/mol. The maximum atomic E-state index is 12.1. The van der Waals surface area contributed by atoms with Crippen LogP contribution in [0.3, 0.4) is 0 Å². The Labute approximate surface area is 151 Å². The van der Waals surface area contributed by atoms with Crippen LogP contribution in [0.5, 0.6) is 5.75 Å². The standard InChI is InChI=1S/C17H17ClN2O4S/c1-2-24-15-7-9-16(10-8-15)25(22,23)20-19-17(21)11-6-13-4-3-5-14(18)12-13/h3-12,20H,2H2,1H3,(H,19,21)/b11-6+. The number of benzene rings is 2. The molecule has 0 saturated carbocycles. The first-order valence-electron chi connectivity index (χ1n) is 7.39. The highest BCUT2D eigenvalue weighted by Gasteiger charge is 2.14. The second kappa shape index (κ2) is 8.66. The van der Waals surface area contributed by atoms with Gasteiger partial charge in [-0.25, -0.2) is 8.42 Å². The van der Waals surface area contributed by atoms with E-state index in [2.05, 4.69) is 5.43 Å². The summed E-state index contributed by atoms with van der Waals surface area (Å²) in [6.45, 7) is 2.32. The zero-order valence-corrected chi connectivity index (χ0v) is 15.0. The molecule has 0 radical (unpaired) electrons. The van der Waals surface area contributed by atoms with Crippen LogP contribution in [0.25, 0.3) is 6.08 Å². The SMILES string of the molecule is CCOc1ccc(S(=O)(=O)NNC(=O)/C=C/c2cccc(Cl)c2)cc1. The van der Waals surface area contributed by atoms with Crippen molar-refractivity contribution in [2.75, 3.05) is 6.61 Å². The highest BCUT2D eigenvalue weighted by atomic mass is 35.5. The minimum Gasteiger partial charge on any atom is -0.494 e. The fourth-order valence-electron chi connectivity index (χ4n) is 1.88. The molecule has 6 nitrogen and oxygen atoms in total. The van der Waals surface area contributed by atoms with Gasteiger partial charge in [0.15, 0.2) is 0 Å². The van der Waals surface area contributed by atoms with E-state index in [1.165, 1.54) is 24.3 Å². The third kappa shape index (κ3) is 5.90. The normalized spacial score (nSPS) is 11.4. The van der Waals surface area contributed by atoms with Gasteiger partial charge in [0, 0.05) is 11.1 Å². The van der Waals surface area contributed by atoms with Crippen LogP contribution in [-0.4, -0.2) is 20.9 Å². The predicted octanol–water partition coefficient (Wildman–Crippen LogP) is 2.76. The molecule has 0 atom stereocenters. The molecule has 0 bridgehead atoms. The van der Waals surface area contributed by atoms with E-state index in [4.69, 9.17) is 16.3 Å². The summed E-state index contributed by atoms with van der Waals surface area (Å²) >= 11 is 5.84. The van der Waals surface area contributed by atoms with E-state index in [1.54, 1.807) is 36.4 Å². The van der Waals surface area contributed by atoms with Crippen molar-refractivity contribution in [2.45, 2.75) is 11.8 Å². The van der Waals surface area contributed by atoms with Crippen molar-refractivity contribution in [3.8, 4) is 5.75 Å². The van der Waals surface area contributed by atoms with Crippen molar-refractivity contribution in [3.63, 3.8) is 0 Å². The van der Waals surface area contributed by atoms with Gasteiger partial charge in [-0.15, -0.1) is 4.83 Å². The van der Waals surface area contributed by atoms with Gasteiger partial charge in [0.2, 0.25) is 0 Å². The van der Waals surface area contributed by atoms with Crippen LogP contribution in [0.15, 0.2) is 59.5 Å². The zero-order valence-electron chi connectivity index (χ0n) is 13.4. The van der Waals surface area contributed by atoms with Crippen molar-refractivity contribution in [2.24, 2.45) is 0 Å². The lowest BCUT2D eigenvalue weighted by molar-refractivity contribution is -0.116. The molecular formula is C17H17ClN2O4S. The second-order valence-electron chi connectivity index (χ2n) is 4.89. The van der Waals surface area contributed by atoms with Crippen LogP contribution in [0.2, 0.25) is 5.02 Å². The lowest BCUT2D eigenvalue weighted by Gasteiger charge is -2.08. The molecule has 0 aromatic heterocycles. The Morgan fingerprint density at radius 1 is 1.20 bits per heavy atom. The Bertz CT molecular complexity index is 864. The molecule has 0 heterocycles. The number of nitrogens with one attached hydrogen (secondary N) is 2. The number of carbonyl (C=O) groups is 1. The van der Waals surface area contributed by atoms with Gasteiger partial charge >= 0.3 is 0 Å². The molecule has 2 aromatic carbocycles. The first-order valence-corrected chi connectivity index (χ1v) is 9.25. The molecule has 2 N–H and O–H groups in total. The fourth-order valence-corrected chi connectivity index (χ4v) is 2.93. The predicted molar refractivity (Wildman–Crippen MR) is 96.6 cm³/mol. The molecule has 8 heteroatoms. The molecule has 25 heavy (non-hydrogen) atoms. The number of amides is 1. The second-order valence-corrected chi connectivity index (χ2v) is 7.01. The Kier molecular flexibility index (Phi) is 6.58. The Hall–Kier alpha value is -2.35. The van der Waals surface area contributed by atoms with Crippen LogP contribution >= 0.6 is 11.6 Å². The summed E-state index contributed by atoms with van der Waals surface area (Å²) in [4.78, 5) is 13.8. The van der Waals surface area contributed by atoms with E-state index in [0.29, 0.717) is 17.4 Å². The first kappa shape index (κ1) is 19.0. The van der Waals surface area contributed by atoms with Gasteiger partial charge in [0.25, 0.3) is 15.9 Å². The maximum Gasteiger partial charge on any atom is 0.258 e. The molecular weight excluding hydrogens is 364 g/mol. The van der Waals surface area contributed by atoms with Crippen LogP contribution in [0.4, 0.5) is 0 Å². The van der Waals surface area contributed by atoms with Crippen molar-refractivity contribution in [3.05, 3.63) is 65.2 Å². The Balaban J connectivity index is 1.95. The third-order valence-electron chi connectivity index (χ3n) is 3.03. The number of halogens is 1. The molecule has 1 amide bonds. The summed E-state index contributed by atoms with van der Waals surface area (Å²) in [5, 5.41) is 0.541. The molecule has 0 aliphatic carbocycles. The average Bonchev–Trinajstić information content (AvgIpc) is 2.59. The molecule has 0 aliphatic heterocycles. The summed E-state index contributed by atoms with van der Waals surface area (Å²) in [6.07, 6.45) is 2.72. The highest BCUT2D eigenvalue weighted by Crippen LogP contribution is 2.15. The highest BCUT2D eigenvalue weighted by molar-refractivity contribution is 7.89. The van der Waals surface area contributed by atoms with Crippen LogP contribution < -0.4 is 15.0 Å². The third-order valence-corrected chi connectivity index (χ3v) is 4.53. The number of sulfonamides is 1. The van der Waals surface area contributed by atoms with E-state index in [9.17, 15) is 13.2 Å². The van der Waals surface area contributed by atoms with Gasteiger partial charge in [0.05, 0.1) is 11.5 Å². The van der Waals surface area contributed by atoms with Crippen molar-refractivity contribution in [1.82, 2.24) is 10.3 Å². The number of ether oxygens (including phenoxy) is 1. The molecule has 2 aromatic rings. The fraction of sp³-hybridized carbons (Fsp3) is 0.118. The average molecular weight is 381 g/mol. The quantitative estimate of drug-likeness (QED) is 0.571. The summed E-state index contributed by atoms with van der Waals surface area (Å²) in [5.74, 6) is -0.0515. The summed E-state index contributed by atoms with van der Waals surface area (Å²) in [6, 6.07) is 12.8. The van der Waals surface area contributed by atoms with Gasteiger partial charge < -0.3 is 4.74 Å². The summed E-state index contributed by atoms with van der Waals surface area (Å²) in [5.41, 5.74) is 2.84. The molecule has 0 spiro atoms. The van der Waals surface area contributed by atoms with Crippen molar-refractivity contribution in [1.29, 1.82) is 0 Å². The Morgan fingerprint density at radius 3 is 2.56 bits per heavy atom. The van der Waals surface area contributed by atoms with E-state index < -0.39 is 15.9 Å². The van der Waals surface area contributed by atoms with Crippen LogP contribution in [0, 0.1) is 0 Å². The first-order chi connectivity index (χ1) is 11.9. The van der Waals surface area contributed by atoms with E-state index in [-0.39, 0.29) is 4.90 Å². The lowest BCUT2D eigenvalue weighted by atomic mass is 10.2. The molecule has 0 aliphatic rings. The minimum absolute atomic E-state index is 0.00933. The molecule has 0 unspecified atom stereocenters. The molecule has 2 rings (SSSR count). The number of hydrazine groups is 1.